The molecule has 0 amide bonds. The van der Waals surface area contributed by atoms with Crippen molar-refractivity contribution in [3.8, 4) is 11.5 Å². The van der Waals surface area contributed by atoms with Crippen LogP contribution in [0.1, 0.15) is 27.1 Å². The van der Waals surface area contributed by atoms with Gasteiger partial charge in [0, 0.05) is 11.5 Å². The molecule has 9 heteroatoms. The van der Waals surface area contributed by atoms with E-state index < -0.39 is 36.2 Å². The molecule has 2 saturated carbocycles. The van der Waals surface area contributed by atoms with Crippen LogP contribution < -0.4 is 9.47 Å². The van der Waals surface area contributed by atoms with Gasteiger partial charge in [-0.25, -0.2) is 4.79 Å². The molecule has 8 nitrogen and oxygen atoms in total. The van der Waals surface area contributed by atoms with Crippen molar-refractivity contribution < 1.29 is 38.1 Å². The van der Waals surface area contributed by atoms with E-state index in [1.807, 2.05) is 0 Å². The van der Waals surface area contributed by atoms with Crippen LogP contribution in [0.25, 0.3) is 0 Å². The number of alkyl halides is 1. The number of carbonyl (C=O) groups is 4. The number of Topliss-reactive ketones (excluding diaryl/α,β-unsaturated/α-hetero) is 1. The van der Waals surface area contributed by atoms with Crippen molar-refractivity contribution >= 4 is 39.6 Å². The molecular formula is C25H21BrO8. The standard InChI is InChI=1S/C25H21BrO8/c1-31-15-4-2-3-13(9-15)23(28)33-14-7-5-12(6-8-14)18(27)11-32-24(29)19-16-10-17-20(19)25(30)34-22(17)21(16)26/h2-9,16-17,19-22H,10-11H2,1H3/t16-,17-,19-,20+,21-,22+/m1/s1. The lowest BCUT2D eigenvalue weighted by Gasteiger charge is -2.26. The molecule has 3 fully saturated rings. The molecule has 2 bridgehead atoms. The van der Waals surface area contributed by atoms with E-state index in [-0.39, 0.29) is 34.5 Å². The summed E-state index contributed by atoms with van der Waals surface area (Å²) in [5.74, 6) is -2.14. The van der Waals surface area contributed by atoms with E-state index in [4.69, 9.17) is 18.9 Å². The molecule has 0 unspecified atom stereocenters. The Balaban J connectivity index is 1.17. The summed E-state index contributed by atoms with van der Waals surface area (Å²) in [5.41, 5.74) is 0.635. The molecule has 3 aliphatic rings. The van der Waals surface area contributed by atoms with Gasteiger partial charge < -0.3 is 18.9 Å². The summed E-state index contributed by atoms with van der Waals surface area (Å²) in [6.07, 6.45) is 0.561. The number of fused-ring (bicyclic) bond motifs is 1. The molecule has 0 N–H and O–H groups in total. The van der Waals surface area contributed by atoms with Gasteiger partial charge in [0.05, 0.1) is 29.3 Å². The fraction of sp³-hybridized carbons (Fsp3) is 0.360. The molecule has 1 heterocycles. The maximum atomic E-state index is 12.7. The number of ketones is 1. The summed E-state index contributed by atoms with van der Waals surface area (Å²) in [5, 5.41) is 0. The maximum Gasteiger partial charge on any atom is 0.343 e. The third kappa shape index (κ3) is 3.87. The molecule has 0 radical (unpaired) electrons. The highest BCUT2D eigenvalue weighted by Crippen LogP contribution is 2.60. The van der Waals surface area contributed by atoms with Crippen molar-refractivity contribution in [3.63, 3.8) is 0 Å². The summed E-state index contributed by atoms with van der Waals surface area (Å²) < 4.78 is 21.1. The zero-order valence-electron chi connectivity index (χ0n) is 18.1. The molecule has 34 heavy (non-hydrogen) atoms. The highest BCUT2D eigenvalue weighted by molar-refractivity contribution is 9.09. The minimum Gasteiger partial charge on any atom is -0.497 e. The predicted molar refractivity (Wildman–Crippen MR) is 121 cm³/mol. The first kappa shape index (κ1) is 22.6. The number of carbonyl (C=O) groups excluding carboxylic acids is 4. The van der Waals surface area contributed by atoms with Crippen molar-refractivity contribution in [1.82, 2.24) is 0 Å². The third-order valence-corrected chi connectivity index (χ3v) is 8.03. The SMILES string of the molecule is COc1cccc(C(=O)Oc2ccc(C(=O)COC(=O)[C@@H]3[C@H]4C[C@H]5[C@H](OC(=O)[C@@H]53)[C@@H]4Br)cc2)c1. The van der Waals surface area contributed by atoms with Crippen LogP contribution in [0, 0.1) is 23.7 Å². The van der Waals surface area contributed by atoms with Crippen LogP contribution in [-0.2, 0) is 19.1 Å². The Morgan fingerprint density at radius 2 is 1.79 bits per heavy atom. The predicted octanol–water partition coefficient (Wildman–Crippen LogP) is 3.21. The van der Waals surface area contributed by atoms with E-state index in [9.17, 15) is 19.2 Å². The van der Waals surface area contributed by atoms with Crippen LogP contribution in [0.4, 0.5) is 0 Å². The van der Waals surface area contributed by atoms with Gasteiger partial charge in [-0.2, -0.15) is 0 Å². The van der Waals surface area contributed by atoms with Gasteiger partial charge in [0.25, 0.3) is 0 Å². The van der Waals surface area contributed by atoms with Gasteiger partial charge >= 0.3 is 17.9 Å². The Labute approximate surface area is 203 Å². The number of esters is 3. The van der Waals surface area contributed by atoms with Crippen LogP contribution in [-0.4, -0.2) is 48.3 Å². The van der Waals surface area contributed by atoms with Crippen LogP contribution in [0.3, 0.4) is 0 Å². The highest BCUT2D eigenvalue weighted by Gasteiger charge is 2.68. The van der Waals surface area contributed by atoms with Gasteiger partial charge in [-0.3, -0.25) is 14.4 Å². The zero-order valence-corrected chi connectivity index (χ0v) is 19.7. The fourth-order valence-electron chi connectivity index (χ4n) is 5.24. The van der Waals surface area contributed by atoms with Crippen molar-refractivity contribution in [1.29, 1.82) is 0 Å². The molecule has 2 aromatic rings. The summed E-state index contributed by atoms with van der Waals surface area (Å²) in [6, 6.07) is 12.5. The van der Waals surface area contributed by atoms with Gasteiger partial charge in [-0.15, -0.1) is 0 Å². The molecule has 1 saturated heterocycles. The number of halogens is 1. The topological polar surface area (TPSA) is 105 Å². The van der Waals surface area contributed by atoms with E-state index in [0.29, 0.717) is 16.9 Å². The molecule has 0 aromatic heterocycles. The van der Waals surface area contributed by atoms with Gasteiger partial charge in [-0.1, -0.05) is 22.0 Å². The molecule has 2 aliphatic carbocycles. The summed E-state index contributed by atoms with van der Waals surface area (Å²) in [6.45, 7) is -0.437. The molecule has 5 rings (SSSR count). The second-order valence-corrected chi connectivity index (χ2v) is 9.69. The first-order chi connectivity index (χ1) is 16.4. The third-order valence-electron chi connectivity index (χ3n) is 6.83. The Morgan fingerprint density at radius 1 is 1.03 bits per heavy atom. The van der Waals surface area contributed by atoms with Crippen LogP contribution in [0.2, 0.25) is 0 Å². The van der Waals surface area contributed by atoms with Gasteiger partial charge in [-0.05, 0) is 54.8 Å². The average molecular weight is 529 g/mol. The van der Waals surface area contributed by atoms with E-state index in [0.717, 1.165) is 6.42 Å². The van der Waals surface area contributed by atoms with Crippen LogP contribution in [0.15, 0.2) is 48.5 Å². The Bertz CT molecular complexity index is 1160. The largest absolute Gasteiger partial charge is 0.497 e. The lowest BCUT2D eigenvalue weighted by atomic mass is 9.80. The maximum absolute atomic E-state index is 12.7. The molecule has 0 spiro atoms. The van der Waals surface area contributed by atoms with E-state index in [1.54, 1.807) is 24.3 Å². The van der Waals surface area contributed by atoms with E-state index in [1.165, 1.54) is 31.4 Å². The Kier molecular flexibility index (Phi) is 5.89. The number of benzene rings is 2. The molecule has 176 valence electrons. The second kappa shape index (κ2) is 8.87. The van der Waals surface area contributed by atoms with E-state index >= 15 is 0 Å². The average Bonchev–Trinajstić information content (AvgIpc) is 3.47. The lowest BCUT2D eigenvalue weighted by Crippen LogP contribution is -2.39. The molecule has 6 atom stereocenters. The highest BCUT2D eigenvalue weighted by atomic mass is 79.9. The number of rotatable bonds is 7. The Morgan fingerprint density at radius 3 is 2.53 bits per heavy atom. The number of methoxy groups -OCH3 is 1. The van der Waals surface area contributed by atoms with E-state index in [2.05, 4.69) is 15.9 Å². The number of hydrogen-bond acceptors (Lipinski definition) is 8. The molecule has 2 aromatic carbocycles. The summed E-state index contributed by atoms with van der Waals surface area (Å²) in [7, 11) is 1.51. The quantitative estimate of drug-likeness (QED) is 0.233. The first-order valence-electron chi connectivity index (χ1n) is 10.9. The monoisotopic (exact) mass is 528 g/mol. The van der Waals surface area contributed by atoms with Crippen molar-refractivity contribution in [3.05, 3.63) is 59.7 Å². The minimum absolute atomic E-state index is 0.0300. The normalized spacial score (nSPS) is 28.4. The lowest BCUT2D eigenvalue weighted by molar-refractivity contribution is -0.154. The summed E-state index contributed by atoms with van der Waals surface area (Å²) >= 11 is 3.55. The Hall–Kier alpha value is -3.20. The van der Waals surface area contributed by atoms with Crippen molar-refractivity contribution in [2.75, 3.05) is 13.7 Å². The number of ether oxygens (including phenoxy) is 4. The van der Waals surface area contributed by atoms with Crippen LogP contribution >= 0.6 is 15.9 Å². The minimum atomic E-state index is -0.591. The number of hydrogen-bond donors (Lipinski definition) is 0. The molecule has 1 aliphatic heterocycles. The first-order valence-corrected chi connectivity index (χ1v) is 11.8. The van der Waals surface area contributed by atoms with Gasteiger partial charge in [0.2, 0.25) is 0 Å². The fourth-order valence-corrected chi connectivity index (χ4v) is 6.28. The van der Waals surface area contributed by atoms with Crippen molar-refractivity contribution in [2.24, 2.45) is 23.7 Å². The van der Waals surface area contributed by atoms with Crippen LogP contribution in [0.5, 0.6) is 11.5 Å². The van der Waals surface area contributed by atoms with Gasteiger partial charge in [0.1, 0.15) is 17.6 Å². The van der Waals surface area contributed by atoms with Crippen molar-refractivity contribution in [2.45, 2.75) is 17.4 Å². The van der Waals surface area contributed by atoms with Gasteiger partial charge in [0.15, 0.2) is 12.4 Å². The second-order valence-electron chi connectivity index (χ2n) is 8.64. The zero-order chi connectivity index (χ0) is 24.0. The summed E-state index contributed by atoms with van der Waals surface area (Å²) in [4.78, 5) is 49.7. The molecular weight excluding hydrogens is 508 g/mol. The smallest absolute Gasteiger partial charge is 0.343 e.